The van der Waals surface area contributed by atoms with Crippen LogP contribution in [0.15, 0.2) is 0 Å². The van der Waals surface area contributed by atoms with Gasteiger partial charge in [0.15, 0.2) is 0 Å². The van der Waals surface area contributed by atoms with Crippen molar-refractivity contribution in [2.75, 3.05) is 26.2 Å². The standard InChI is InChI=1S/C16H32N2/c1-15(2,17-11-7-5-8-12-17)16(3,4)18-13-9-6-10-14-18/h5-14H2,1-4H3. The summed E-state index contributed by atoms with van der Waals surface area (Å²) in [5.41, 5.74) is 0.565. The lowest BCUT2D eigenvalue weighted by molar-refractivity contribution is -0.0510. The molecular weight excluding hydrogens is 220 g/mol. The van der Waals surface area contributed by atoms with Gasteiger partial charge in [-0.3, -0.25) is 9.80 Å². The molecule has 0 aliphatic carbocycles. The van der Waals surface area contributed by atoms with Gasteiger partial charge in [-0.2, -0.15) is 0 Å². The average Bonchev–Trinajstić information content (AvgIpc) is 2.40. The zero-order valence-electron chi connectivity index (χ0n) is 13.0. The van der Waals surface area contributed by atoms with Crippen LogP contribution in [0.2, 0.25) is 0 Å². The number of hydrogen-bond acceptors (Lipinski definition) is 2. The number of nitrogens with zero attached hydrogens (tertiary/aromatic N) is 2. The van der Waals surface area contributed by atoms with E-state index in [2.05, 4.69) is 37.5 Å². The van der Waals surface area contributed by atoms with E-state index in [1.165, 1.54) is 64.7 Å². The Balaban J connectivity index is 2.09. The molecular formula is C16H32N2. The maximum atomic E-state index is 2.74. The maximum absolute atomic E-state index is 2.74. The minimum absolute atomic E-state index is 0.282. The quantitative estimate of drug-likeness (QED) is 0.758. The summed E-state index contributed by atoms with van der Waals surface area (Å²) in [6.07, 6.45) is 8.41. The molecule has 0 spiro atoms. The summed E-state index contributed by atoms with van der Waals surface area (Å²) >= 11 is 0. The molecule has 2 heteroatoms. The van der Waals surface area contributed by atoms with Crippen LogP contribution in [0.1, 0.15) is 66.2 Å². The van der Waals surface area contributed by atoms with Crippen molar-refractivity contribution in [3.8, 4) is 0 Å². The Morgan fingerprint density at radius 1 is 0.500 bits per heavy atom. The third-order valence-corrected chi connectivity index (χ3v) is 5.79. The van der Waals surface area contributed by atoms with Crippen LogP contribution in [0.3, 0.4) is 0 Å². The van der Waals surface area contributed by atoms with Crippen LogP contribution in [-0.4, -0.2) is 47.1 Å². The number of likely N-dealkylation sites (tertiary alicyclic amines) is 2. The SMILES string of the molecule is CC(C)(N1CCCCC1)C(C)(C)N1CCCCC1. The van der Waals surface area contributed by atoms with Crippen LogP contribution < -0.4 is 0 Å². The van der Waals surface area contributed by atoms with Gasteiger partial charge >= 0.3 is 0 Å². The predicted molar refractivity (Wildman–Crippen MR) is 79.0 cm³/mol. The Morgan fingerprint density at radius 2 is 0.778 bits per heavy atom. The van der Waals surface area contributed by atoms with E-state index in [0.717, 1.165) is 0 Å². The Hall–Kier alpha value is -0.0800. The van der Waals surface area contributed by atoms with Crippen molar-refractivity contribution in [3.05, 3.63) is 0 Å². The Bertz CT molecular complexity index is 230. The molecule has 0 radical (unpaired) electrons. The molecule has 0 saturated carbocycles. The number of piperidine rings is 2. The number of rotatable bonds is 3. The molecule has 0 aromatic heterocycles. The molecule has 2 aliphatic heterocycles. The fourth-order valence-electron chi connectivity index (χ4n) is 3.68. The second-order valence-corrected chi connectivity index (χ2v) is 7.21. The monoisotopic (exact) mass is 252 g/mol. The minimum Gasteiger partial charge on any atom is -0.296 e. The smallest absolute Gasteiger partial charge is 0.0331 e. The summed E-state index contributed by atoms with van der Waals surface area (Å²) < 4.78 is 0. The fourth-order valence-corrected chi connectivity index (χ4v) is 3.68. The van der Waals surface area contributed by atoms with E-state index in [1.54, 1.807) is 0 Å². The summed E-state index contributed by atoms with van der Waals surface area (Å²) in [4.78, 5) is 5.48. The van der Waals surface area contributed by atoms with Gasteiger partial charge in [-0.1, -0.05) is 12.8 Å². The first kappa shape index (κ1) is 14.3. The third kappa shape index (κ3) is 2.60. The zero-order valence-corrected chi connectivity index (χ0v) is 13.0. The van der Waals surface area contributed by atoms with Crippen molar-refractivity contribution in [1.29, 1.82) is 0 Å². The van der Waals surface area contributed by atoms with E-state index in [9.17, 15) is 0 Å². The number of hydrogen-bond donors (Lipinski definition) is 0. The van der Waals surface area contributed by atoms with Crippen LogP contribution >= 0.6 is 0 Å². The summed E-state index contributed by atoms with van der Waals surface area (Å²) in [6.45, 7) is 15.0. The van der Waals surface area contributed by atoms with Crippen LogP contribution in [0.4, 0.5) is 0 Å². The molecule has 18 heavy (non-hydrogen) atoms. The molecule has 0 aromatic carbocycles. The molecule has 2 heterocycles. The molecule has 2 aliphatic rings. The molecule has 0 unspecified atom stereocenters. The van der Waals surface area contributed by atoms with Gasteiger partial charge in [-0.25, -0.2) is 0 Å². The second kappa shape index (κ2) is 5.50. The van der Waals surface area contributed by atoms with Gasteiger partial charge in [0.2, 0.25) is 0 Å². The van der Waals surface area contributed by atoms with E-state index >= 15 is 0 Å². The summed E-state index contributed by atoms with van der Waals surface area (Å²) in [6, 6.07) is 0. The highest BCUT2D eigenvalue weighted by Gasteiger charge is 2.45. The molecule has 2 rings (SSSR count). The van der Waals surface area contributed by atoms with Crippen molar-refractivity contribution in [1.82, 2.24) is 9.80 Å². The first-order valence-corrected chi connectivity index (χ1v) is 7.96. The molecule has 2 fully saturated rings. The molecule has 0 N–H and O–H groups in total. The largest absolute Gasteiger partial charge is 0.296 e. The normalized spacial score (nSPS) is 25.3. The van der Waals surface area contributed by atoms with E-state index in [4.69, 9.17) is 0 Å². The van der Waals surface area contributed by atoms with Crippen LogP contribution in [0.5, 0.6) is 0 Å². The van der Waals surface area contributed by atoms with Crippen molar-refractivity contribution in [2.45, 2.75) is 77.3 Å². The summed E-state index contributed by atoms with van der Waals surface area (Å²) in [5, 5.41) is 0. The van der Waals surface area contributed by atoms with E-state index in [-0.39, 0.29) is 11.1 Å². The third-order valence-electron chi connectivity index (χ3n) is 5.79. The van der Waals surface area contributed by atoms with Crippen molar-refractivity contribution in [2.24, 2.45) is 0 Å². The van der Waals surface area contributed by atoms with Crippen LogP contribution in [-0.2, 0) is 0 Å². The van der Waals surface area contributed by atoms with Gasteiger partial charge < -0.3 is 0 Å². The topological polar surface area (TPSA) is 6.48 Å². The Labute approximate surface area is 114 Å². The minimum atomic E-state index is 0.282. The molecule has 106 valence electrons. The van der Waals surface area contributed by atoms with E-state index < -0.39 is 0 Å². The second-order valence-electron chi connectivity index (χ2n) is 7.21. The first-order valence-electron chi connectivity index (χ1n) is 7.96. The van der Waals surface area contributed by atoms with Gasteiger partial charge in [-0.05, 0) is 79.6 Å². The maximum Gasteiger partial charge on any atom is 0.0331 e. The average molecular weight is 252 g/mol. The van der Waals surface area contributed by atoms with Crippen molar-refractivity contribution in [3.63, 3.8) is 0 Å². The highest BCUT2D eigenvalue weighted by molar-refractivity contribution is 5.03. The van der Waals surface area contributed by atoms with Crippen LogP contribution in [0.25, 0.3) is 0 Å². The summed E-state index contributed by atoms with van der Waals surface area (Å²) in [7, 11) is 0. The van der Waals surface area contributed by atoms with Gasteiger partial charge in [0.1, 0.15) is 0 Å². The Morgan fingerprint density at radius 3 is 1.06 bits per heavy atom. The highest BCUT2D eigenvalue weighted by atomic mass is 15.3. The molecule has 0 amide bonds. The van der Waals surface area contributed by atoms with Gasteiger partial charge in [-0.15, -0.1) is 0 Å². The lowest BCUT2D eigenvalue weighted by Gasteiger charge is -2.56. The molecule has 2 saturated heterocycles. The highest BCUT2D eigenvalue weighted by Crippen LogP contribution is 2.36. The van der Waals surface area contributed by atoms with Crippen molar-refractivity contribution < 1.29 is 0 Å². The van der Waals surface area contributed by atoms with Gasteiger partial charge in [0.05, 0.1) is 0 Å². The van der Waals surface area contributed by atoms with E-state index in [0.29, 0.717) is 0 Å². The molecule has 0 atom stereocenters. The lowest BCUT2D eigenvalue weighted by atomic mass is 9.77. The first-order chi connectivity index (χ1) is 8.46. The Kier molecular flexibility index (Phi) is 4.38. The zero-order chi connectivity index (χ0) is 13.2. The van der Waals surface area contributed by atoms with E-state index in [1.807, 2.05) is 0 Å². The van der Waals surface area contributed by atoms with Crippen LogP contribution in [0, 0.1) is 0 Å². The lowest BCUT2D eigenvalue weighted by Crippen LogP contribution is -2.66. The van der Waals surface area contributed by atoms with Gasteiger partial charge in [0, 0.05) is 11.1 Å². The van der Waals surface area contributed by atoms with Crippen molar-refractivity contribution >= 4 is 0 Å². The predicted octanol–water partition coefficient (Wildman–Crippen LogP) is 3.52. The molecule has 0 bridgehead atoms. The molecule has 0 aromatic rings. The summed E-state index contributed by atoms with van der Waals surface area (Å²) in [5.74, 6) is 0. The fraction of sp³-hybridized carbons (Fsp3) is 1.00. The molecule has 2 nitrogen and oxygen atoms in total. The van der Waals surface area contributed by atoms with Gasteiger partial charge in [0.25, 0.3) is 0 Å².